The van der Waals surface area contributed by atoms with Gasteiger partial charge in [-0.15, -0.1) is 0 Å². The molecule has 0 saturated carbocycles. The number of rotatable bonds is 6. The summed E-state index contributed by atoms with van der Waals surface area (Å²) in [7, 11) is 0. The van der Waals surface area contributed by atoms with Crippen LogP contribution in [0, 0.1) is 11.3 Å². The summed E-state index contributed by atoms with van der Waals surface area (Å²) in [5, 5.41) is 14.5. The van der Waals surface area contributed by atoms with Crippen LogP contribution in [0.15, 0.2) is 42.6 Å². The van der Waals surface area contributed by atoms with Crippen molar-refractivity contribution in [1.29, 1.82) is 5.26 Å². The summed E-state index contributed by atoms with van der Waals surface area (Å²) < 4.78 is 5.35. The maximum absolute atomic E-state index is 12.0. The SMILES string of the molecule is CCOc1ncccc1NC(=O)CNc1ccc(C#N)cc1. The number of hydrogen-bond donors (Lipinski definition) is 2. The number of carbonyl (C=O) groups is 1. The van der Waals surface area contributed by atoms with Crippen molar-refractivity contribution in [3.8, 4) is 11.9 Å². The average molecular weight is 296 g/mol. The minimum Gasteiger partial charge on any atom is -0.476 e. The fraction of sp³-hybridized carbons (Fsp3) is 0.188. The first-order valence-electron chi connectivity index (χ1n) is 6.84. The Balaban J connectivity index is 1.91. The molecule has 0 radical (unpaired) electrons. The van der Waals surface area contributed by atoms with E-state index in [1.807, 2.05) is 13.0 Å². The number of nitriles is 1. The van der Waals surface area contributed by atoms with E-state index in [1.165, 1.54) is 0 Å². The number of benzene rings is 1. The third-order valence-corrected chi connectivity index (χ3v) is 2.79. The number of amides is 1. The Labute approximate surface area is 128 Å². The van der Waals surface area contributed by atoms with E-state index in [9.17, 15) is 4.79 Å². The van der Waals surface area contributed by atoms with Crippen molar-refractivity contribution in [2.45, 2.75) is 6.92 Å². The quantitative estimate of drug-likeness (QED) is 0.854. The molecule has 0 bridgehead atoms. The van der Waals surface area contributed by atoms with Crippen LogP contribution in [-0.4, -0.2) is 24.0 Å². The largest absolute Gasteiger partial charge is 0.476 e. The standard InChI is InChI=1S/C16H16N4O2/c1-2-22-16-14(4-3-9-18-16)20-15(21)11-19-13-7-5-12(10-17)6-8-13/h3-9,19H,2,11H2,1H3,(H,20,21). The summed E-state index contributed by atoms with van der Waals surface area (Å²) in [6.07, 6.45) is 1.61. The second-order valence-corrected chi connectivity index (χ2v) is 4.38. The maximum Gasteiger partial charge on any atom is 0.243 e. The number of carbonyl (C=O) groups excluding carboxylic acids is 1. The van der Waals surface area contributed by atoms with Crippen LogP contribution in [-0.2, 0) is 4.79 Å². The van der Waals surface area contributed by atoms with E-state index in [0.29, 0.717) is 23.7 Å². The van der Waals surface area contributed by atoms with Crippen LogP contribution in [0.5, 0.6) is 5.88 Å². The van der Waals surface area contributed by atoms with Crippen LogP contribution in [0.2, 0.25) is 0 Å². The second-order valence-electron chi connectivity index (χ2n) is 4.38. The molecule has 112 valence electrons. The van der Waals surface area contributed by atoms with Crippen molar-refractivity contribution in [3.05, 3.63) is 48.2 Å². The number of ether oxygens (including phenoxy) is 1. The highest BCUT2D eigenvalue weighted by molar-refractivity contribution is 5.94. The molecule has 2 aromatic rings. The topological polar surface area (TPSA) is 87.0 Å². The van der Waals surface area contributed by atoms with Crippen molar-refractivity contribution < 1.29 is 9.53 Å². The molecular weight excluding hydrogens is 280 g/mol. The minimum absolute atomic E-state index is 0.104. The highest BCUT2D eigenvalue weighted by Crippen LogP contribution is 2.20. The summed E-state index contributed by atoms with van der Waals surface area (Å²) in [6, 6.07) is 12.4. The van der Waals surface area contributed by atoms with Gasteiger partial charge in [-0.05, 0) is 43.3 Å². The molecule has 0 aliphatic carbocycles. The molecular formula is C16H16N4O2. The van der Waals surface area contributed by atoms with Crippen molar-refractivity contribution >= 4 is 17.3 Å². The van der Waals surface area contributed by atoms with Gasteiger partial charge in [-0.2, -0.15) is 5.26 Å². The van der Waals surface area contributed by atoms with Gasteiger partial charge in [-0.1, -0.05) is 0 Å². The second kappa shape index (κ2) is 7.64. The number of nitrogens with zero attached hydrogens (tertiary/aromatic N) is 2. The molecule has 1 heterocycles. The highest BCUT2D eigenvalue weighted by atomic mass is 16.5. The molecule has 6 heteroatoms. The first-order valence-corrected chi connectivity index (χ1v) is 6.84. The summed E-state index contributed by atoms with van der Waals surface area (Å²) in [5.41, 5.74) is 1.88. The first kappa shape index (κ1) is 15.3. The molecule has 2 N–H and O–H groups in total. The summed E-state index contributed by atoms with van der Waals surface area (Å²) in [6.45, 7) is 2.43. The number of aromatic nitrogens is 1. The predicted octanol–water partition coefficient (Wildman–Crippen LogP) is 2.40. The Morgan fingerprint density at radius 3 is 2.77 bits per heavy atom. The zero-order valence-corrected chi connectivity index (χ0v) is 12.2. The van der Waals surface area contributed by atoms with Crippen LogP contribution in [0.3, 0.4) is 0 Å². The Morgan fingerprint density at radius 1 is 1.32 bits per heavy atom. The highest BCUT2D eigenvalue weighted by Gasteiger charge is 2.08. The molecule has 0 spiro atoms. The first-order chi connectivity index (χ1) is 10.7. The molecule has 1 amide bonds. The maximum atomic E-state index is 12.0. The minimum atomic E-state index is -0.210. The lowest BCUT2D eigenvalue weighted by molar-refractivity contribution is -0.114. The molecule has 0 fully saturated rings. The molecule has 0 atom stereocenters. The van der Waals surface area contributed by atoms with E-state index in [1.54, 1.807) is 42.6 Å². The van der Waals surface area contributed by atoms with Crippen LogP contribution >= 0.6 is 0 Å². The number of nitrogens with one attached hydrogen (secondary N) is 2. The van der Waals surface area contributed by atoms with Crippen molar-refractivity contribution in [3.63, 3.8) is 0 Å². The van der Waals surface area contributed by atoms with Crippen molar-refractivity contribution in [2.24, 2.45) is 0 Å². The van der Waals surface area contributed by atoms with Gasteiger partial charge in [-0.3, -0.25) is 4.79 Å². The summed E-state index contributed by atoms with van der Waals surface area (Å²) in [5.74, 6) is 0.190. The van der Waals surface area contributed by atoms with Crippen LogP contribution in [0.25, 0.3) is 0 Å². The van der Waals surface area contributed by atoms with Gasteiger partial charge < -0.3 is 15.4 Å². The molecule has 0 aliphatic rings. The van der Waals surface area contributed by atoms with Crippen molar-refractivity contribution in [1.82, 2.24) is 4.98 Å². The van der Waals surface area contributed by atoms with Gasteiger partial charge in [-0.25, -0.2) is 4.98 Å². The van der Waals surface area contributed by atoms with Gasteiger partial charge in [0.05, 0.1) is 24.8 Å². The van der Waals surface area contributed by atoms with Gasteiger partial charge in [0.2, 0.25) is 11.8 Å². The van der Waals surface area contributed by atoms with Crippen LogP contribution < -0.4 is 15.4 Å². The van der Waals surface area contributed by atoms with Gasteiger partial charge in [0, 0.05) is 11.9 Å². The Hall–Kier alpha value is -3.07. The zero-order valence-electron chi connectivity index (χ0n) is 12.2. The molecule has 1 aromatic heterocycles. The van der Waals surface area contributed by atoms with E-state index < -0.39 is 0 Å². The van der Waals surface area contributed by atoms with Crippen LogP contribution in [0.1, 0.15) is 12.5 Å². The van der Waals surface area contributed by atoms with E-state index in [-0.39, 0.29) is 12.5 Å². The number of anilines is 2. The lowest BCUT2D eigenvalue weighted by Crippen LogP contribution is -2.22. The smallest absolute Gasteiger partial charge is 0.243 e. The molecule has 0 saturated heterocycles. The lowest BCUT2D eigenvalue weighted by atomic mass is 10.2. The lowest BCUT2D eigenvalue weighted by Gasteiger charge is -2.11. The summed E-state index contributed by atoms with van der Waals surface area (Å²) >= 11 is 0. The van der Waals surface area contributed by atoms with Gasteiger partial charge in [0.25, 0.3) is 0 Å². The number of pyridine rings is 1. The van der Waals surface area contributed by atoms with E-state index in [4.69, 9.17) is 10.00 Å². The third kappa shape index (κ3) is 4.21. The zero-order chi connectivity index (χ0) is 15.8. The monoisotopic (exact) mass is 296 g/mol. The number of hydrogen-bond acceptors (Lipinski definition) is 5. The average Bonchev–Trinajstić information content (AvgIpc) is 2.55. The van der Waals surface area contributed by atoms with Crippen LogP contribution in [0.4, 0.5) is 11.4 Å². The van der Waals surface area contributed by atoms with Gasteiger partial charge >= 0.3 is 0 Å². The van der Waals surface area contributed by atoms with E-state index in [0.717, 1.165) is 5.69 Å². The molecule has 0 unspecified atom stereocenters. The molecule has 1 aromatic carbocycles. The Kier molecular flexibility index (Phi) is 5.32. The van der Waals surface area contributed by atoms with Gasteiger partial charge in [0.1, 0.15) is 5.69 Å². The Bertz CT molecular complexity index is 677. The fourth-order valence-corrected chi connectivity index (χ4v) is 1.78. The molecule has 2 rings (SSSR count). The summed E-state index contributed by atoms with van der Waals surface area (Å²) in [4.78, 5) is 16.0. The molecule has 0 aliphatic heterocycles. The molecule has 6 nitrogen and oxygen atoms in total. The predicted molar refractivity (Wildman–Crippen MR) is 83.7 cm³/mol. The third-order valence-electron chi connectivity index (χ3n) is 2.79. The fourth-order valence-electron chi connectivity index (χ4n) is 1.78. The van der Waals surface area contributed by atoms with Gasteiger partial charge in [0.15, 0.2) is 0 Å². The van der Waals surface area contributed by atoms with Crippen molar-refractivity contribution in [2.75, 3.05) is 23.8 Å². The van der Waals surface area contributed by atoms with E-state index in [2.05, 4.69) is 15.6 Å². The van der Waals surface area contributed by atoms with E-state index >= 15 is 0 Å². The Morgan fingerprint density at radius 2 is 2.09 bits per heavy atom. The normalized spacial score (nSPS) is 9.64. The molecule has 22 heavy (non-hydrogen) atoms.